The summed E-state index contributed by atoms with van der Waals surface area (Å²) in [5.74, 6) is -4.84. The third-order valence-corrected chi connectivity index (χ3v) is 4.87. The Morgan fingerprint density at radius 3 is 2.32 bits per heavy atom. The van der Waals surface area contributed by atoms with E-state index in [1.165, 1.54) is 6.92 Å². The van der Waals surface area contributed by atoms with Crippen LogP contribution in [0.25, 0.3) is 11.3 Å². The van der Waals surface area contributed by atoms with Crippen molar-refractivity contribution in [2.45, 2.75) is 20.0 Å². The van der Waals surface area contributed by atoms with Gasteiger partial charge >= 0.3 is 12.1 Å². The summed E-state index contributed by atoms with van der Waals surface area (Å²) < 4.78 is 83.3. The van der Waals surface area contributed by atoms with E-state index in [0.717, 1.165) is 45.5 Å². The molecule has 2 heterocycles. The van der Waals surface area contributed by atoms with E-state index in [4.69, 9.17) is 9.47 Å². The number of ether oxygens (including phenoxy) is 3. The summed E-state index contributed by atoms with van der Waals surface area (Å²) in [7, 11) is 2.12. The van der Waals surface area contributed by atoms with E-state index in [0.29, 0.717) is 0 Å². The Morgan fingerprint density at radius 1 is 1.09 bits per heavy atom. The van der Waals surface area contributed by atoms with Crippen LogP contribution in [0.15, 0.2) is 29.2 Å². The minimum atomic E-state index is -4.85. The molecule has 0 aliphatic carbocycles. The van der Waals surface area contributed by atoms with E-state index in [1.54, 1.807) is 0 Å². The number of rotatable bonds is 5. The highest BCUT2D eigenvalue weighted by atomic mass is 19.4. The van der Waals surface area contributed by atoms with Crippen LogP contribution >= 0.6 is 0 Å². The Hall–Kier alpha value is -3.96. The third-order valence-electron chi connectivity index (χ3n) is 4.87. The van der Waals surface area contributed by atoms with Crippen LogP contribution < -0.4 is 14.9 Å². The number of carbonyl (C=O) groups excluding carboxylic acids is 1. The maximum atomic E-state index is 14.1. The van der Waals surface area contributed by atoms with Crippen LogP contribution in [0.2, 0.25) is 0 Å². The lowest BCUT2D eigenvalue weighted by molar-refractivity contribution is -0.141. The number of nitrogens with one attached hydrogen (secondary N) is 1. The van der Waals surface area contributed by atoms with E-state index < -0.39 is 46.2 Å². The molecule has 34 heavy (non-hydrogen) atoms. The summed E-state index contributed by atoms with van der Waals surface area (Å²) in [6.07, 6.45) is -4.12. The number of hydrogen-bond acceptors (Lipinski definition) is 6. The summed E-state index contributed by atoms with van der Waals surface area (Å²) in [5.41, 5.74) is -3.20. The molecule has 0 saturated heterocycles. The Kier molecular flexibility index (Phi) is 6.62. The fourth-order valence-corrected chi connectivity index (χ4v) is 3.37. The molecule has 0 saturated carbocycles. The van der Waals surface area contributed by atoms with Crippen LogP contribution in [0, 0.1) is 25.5 Å². The van der Waals surface area contributed by atoms with Gasteiger partial charge in [-0.25, -0.2) is 14.2 Å². The molecule has 1 N–H and O–H groups in total. The maximum absolute atomic E-state index is 14.1. The van der Waals surface area contributed by atoms with Gasteiger partial charge in [0.25, 0.3) is 0 Å². The lowest BCUT2D eigenvalue weighted by Gasteiger charge is -2.19. The fraction of sp³-hybridized carbons (Fsp3) is 0.227. The van der Waals surface area contributed by atoms with Crippen molar-refractivity contribution in [3.8, 4) is 28.5 Å². The highest BCUT2D eigenvalue weighted by Crippen LogP contribution is 2.42. The monoisotopic (exact) mass is 484 g/mol. The average Bonchev–Trinajstić information content (AvgIpc) is 2.75. The van der Waals surface area contributed by atoms with Crippen molar-refractivity contribution in [3.05, 3.63) is 68.8 Å². The molecule has 0 fully saturated rings. The number of esters is 1. The van der Waals surface area contributed by atoms with Crippen LogP contribution in [0.3, 0.4) is 0 Å². The van der Waals surface area contributed by atoms with Gasteiger partial charge in [-0.05, 0) is 31.5 Å². The molecule has 0 amide bonds. The van der Waals surface area contributed by atoms with Crippen LogP contribution in [0.4, 0.5) is 22.0 Å². The number of methoxy groups -OCH3 is 2. The minimum Gasteiger partial charge on any atom is -0.490 e. The molecule has 0 spiro atoms. The number of aromatic amines is 1. The number of alkyl halides is 3. The van der Waals surface area contributed by atoms with Gasteiger partial charge in [0.1, 0.15) is 11.3 Å². The van der Waals surface area contributed by atoms with Crippen molar-refractivity contribution in [1.29, 1.82) is 0 Å². The fourth-order valence-electron chi connectivity index (χ4n) is 3.37. The first kappa shape index (κ1) is 24.7. The van der Waals surface area contributed by atoms with Crippen molar-refractivity contribution in [2.75, 3.05) is 14.2 Å². The van der Waals surface area contributed by atoms with Crippen molar-refractivity contribution < 1.29 is 41.0 Å². The Bertz CT molecular complexity index is 1330. The van der Waals surface area contributed by atoms with E-state index in [-0.39, 0.29) is 34.0 Å². The Morgan fingerprint density at radius 2 is 1.76 bits per heavy atom. The van der Waals surface area contributed by atoms with Crippen molar-refractivity contribution in [2.24, 2.45) is 0 Å². The summed E-state index contributed by atoms with van der Waals surface area (Å²) in [4.78, 5) is 30.6. The lowest BCUT2D eigenvalue weighted by atomic mass is 10.0. The second kappa shape index (κ2) is 9.12. The molecule has 3 aromatic rings. The molecule has 0 aliphatic heterocycles. The number of H-pyrrole nitrogens is 1. The number of aryl methyl sites for hydroxylation is 1. The highest BCUT2D eigenvalue weighted by molar-refractivity contribution is 5.91. The smallest absolute Gasteiger partial charge is 0.433 e. The summed E-state index contributed by atoms with van der Waals surface area (Å²) >= 11 is 0. The molecule has 0 aliphatic rings. The molecule has 0 radical (unpaired) electrons. The summed E-state index contributed by atoms with van der Waals surface area (Å²) in [5, 5.41) is 0. The Balaban J connectivity index is 2.29. The van der Waals surface area contributed by atoms with Crippen molar-refractivity contribution >= 4 is 5.97 Å². The van der Waals surface area contributed by atoms with E-state index in [1.807, 2.05) is 0 Å². The first-order chi connectivity index (χ1) is 15.9. The van der Waals surface area contributed by atoms with Crippen molar-refractivity contribution in [3.63, 3.8) is 0 Å². The number of benzene rings is 1. The van der Waals surface area contributed by atoms with Gasteiger partial charge in [0.2, 0.25) is 11.6 Å². The van der Waals surface area contributed by atoms with Crippen LogP contribution in [0.1, 0.15) is 27.3 Å². The topological polar surface area (TPSA) is 90.5 Å². The number of hydrogen-bond donors (Lipinski definition) is 1. The average molecular weight is 484 g/mol. The van der Waals surface area contributed by atoms with Gasteiger partial charge in [0.05, 0.1) is 26.1 Å². The van der Waals surface area contributed by atoms with E-state index in [9.17, 15) is 31.5 Å². The zero-order valence-corrected chi connectivity index (χ0v) is 18.2. The zero-order chi connectivity index (χ0) is 25.4. The molecule has 1 aromatic carbocycles. The highest BCUT2D eigenvalue weighted by Gasteiger charge is 2.36. The van der Waals surface area contributed by atoms with Gasteiger partial charge in [-0.2, -0.15) is 17.6 Å². The second-order valence-electron chi connectivity index (χ2n) is 7.00. The standard InChI is InChI=1S/C22H17F5N2O5/c1-9-16(12-7-13(30)17(10(2)29-12)21(31)33-4)15(8-28-20(9)22(25,26)27)34-14-6-5-11(23)18(24)19(14)32-3/h5-8H,1-4H3,(H,29,30). The van der Waals surface area contributed by atoms with Crippen LogP contribution in [-0.2, 0) is 10.9 Å². The molecule has 7 nitrogen and oxygen atoms in total. The zero-order valence-electron chi connectivity index (χ0n) is 18.2. The van der Waals surface area contributed by atoms with Gasteiger partial charge in [0, 0.05) is 17.3 Å². The first-order valence-corrected chi connectivity index (χ1v) is 9.49. The molecule has 0 unspecified atom stereocenters. The molecule has 180 valence electrons. The first-order valence-electron chi connectivity index (χ1n) is 9.49. The van der Waals surface area contributed by atoms with Gasteiger partial charge in [-0.15, -0.1) is 0 Å². The number of aromatic nitrogens is 2. The third kappa shape index (κ3) is 4.43. The van der Waals surface area contributed by atoms with Crippen molar-refractivity contribution in [1.82, 2.24) is 9.97 Å². The molecular formula is C22H17F5N2O5. The maximum Gasteiger partial charge on any atom is 0.433 e. The number of halogens is 5. The number of pyridine rings is 2. The summed E-state index contributed by atoms with van der Waals surface area (Å²) in [6.45, 7) is 2.46. The predicted molar refractivity (Wildman–Crippen MR) is 109 cm³/mol. The van der Waals surface area contributed by atoms with E-state index in [2.05, 4.69) is 14.7 Å². The minimum absolute atomic E-state index is 0.0236. The largest absolute Gasteiger partial charge is 0.490 e. The van der Waals surface area contributed by atoms with Crippen LogP contribution in [0.5, 0.6) is 17.2 Å². The van der Waals surface area contributed by atoms with Gasteiger partial charge < -0.3 is 19.2 Å². The van der Waals surface area contributed by atoms with Gasteiger partial charge in [-0.3, -0.25) is 4.79 Å². The quantitative estimate of drug-likeness (QED) is 0.408. The number of nitrogens with zero attached hydrogens (tertiary/aromatic N) is 1. The summed E-state index contributed by atoms with van der Waals surface area (Å²) in [6, 6.07) is 2.66. The molecule has 0 bridgehead atoms. The Labute approximate surface area is 189 Å². The van der Waals surface area contributed by atoms with E-state index >= 15 is 0 Å². The molecule has 12 heteroatoms. The van der Waals surface area contributed by atoms with Gasteiger partial charge in [-0.1, -0.05) is 0 Å². The van der Waals surface area contributed by atoms with Gasteiger partial charge in [0.15, 0.2) is 22.7 Å². The molecule has 2 aromatic heterocycles. The molecule has 0 atom stereocenters. The SMILES string of the molecule is COC(=O)c1c(C)[nH]c(-c2c(Oc3ccc(F)c(F)c3OC)cnc(C(F)(F)F)c2C)cc1=O. The second-order valence-corrected chi connectivity index (χ2v) is 7.00. The molecular weight excluding hydrogens is 467 g/mol. The predicted octanol–water partition coefficient (Wildman–Crippen LogP) is 4.94. The number of carbonyl (C=O) groups is 1. The molecule has 3 rings (SSSR count). The lowest BCUT2D eigenvalue weighted by Crippen LogP contribution is -2.19. The normalized spacial score (nSPS) is 11.3. The van der Waals surface area contributed by atoms with Crippen LogP contribution in [-0.4, -0.2) is 30.2 Å².